The molecule has 0 saturated carbocycles. The van der Waals surface area contributed by atoms with Gasteiger partial charge in [0.25, 0.3) is 11.8 Å². The van der Waals surface area contributed by atoms with Gasteiger partial charge >= 0.3 is 0 Å². The molecule has 2 aliphatic heterocycles. The highest BCUT2D eigenvalue weighted by molar-refractivity contribution is 7.17. The average Bonchev–Trinajstić information content (AvgIpc) is 3.52. The minimum absolute atomic E-state index is 0.00723. The highest BCUT2D eigenvalue weighted by Gasteiger charge is 2.36. The number of nitrogens with zero attached hydrogens (tertiary/aromatic N) is 3. The third-order valence-corrected chi connectivity index (χ3v) is 7.04. The fourth-order valence-corrected chi connectivity index (χ4v) is 5.47. The van der Waals surface area contributed by atoms with Gasteiger partial charge in [-0.2, -0.15) is 5.10 Å². The van der Waals surface area contributed by atoms with Crippen LogP contribution in [-0.4, -0.2) is 64.3 Å². The number of rotatable bonds is 4. The van der Waals surface area contributed by atoms with Crippen LogP contribution in [0.4, 0.5) is 0 Å². The van der Waals surface area contributed by atoms with Crippen LogP contribution >= 0.6 is 11.3 Å². The van der Waals surface area contributed by atoms with Gasteiger partial charge in [0.05, 0.1) is 46.1 Å². The topological polar surface area (TPSA) is 92.2 Å². The minimum atomic E-state index is -0.417. The average molecular weight is 448 g/mol. The lowest BCUT2D eigenvalue weighted by atomic mass is 9.99. The standard InChI is InChI=1S/C23H21N5O3S/c1-27-7-8-31-13(11-27)12-28-17-5-3-2-4-14(17)20(26-28)19-18(22(29)25-23(19)30)15-10-24-16-6-9-32-21(15)16/h2-6,9-10,13,24H,7-8,11-12H2,1H3,(H,25,29,30). The van der Waals surface area contributed by atoms with E-state index in [1.54, 1.807) is 6.20 Å². The first kappa shape index (κ1) is 19.4. The Bertz CT molecular complexity index is 1410. The maximum absolute atomic E-state index is 13.0. The molecule has 9 heteroatoms. The van der Waals surface area contributed by atoms with E-state index in [1.807, 2.05) is 40.4 Å². The van der Waals surface area contributed by atoms with E-state index in [0.717, 1.165) is 39.8 Å². The number of hydrogen-bond donors (Lipinski definition) is 2. The highest BCUT2D eigenvalue weighted by Crippen LogP contribution is 2.38. The number of aromatic amines is 1. The number of morpholine rings is 1. The zero-order chi connectivity index (χ0) is 21.8. The largest absolute Gasteiger partial charge is 0.374 e. The maximum atomic E-state index is 13.0. The molecular formula is C23H21N5O3S. The van der Waals surface area contributed by atoms with Crippen molar-refractivity contribution < 1.29 is 14.3 Å². The maximum Gasteiger partial charge on any atom is 0.261 e. The van der Waals surface area contributed by atoms with Crippen molar-refractivity contribution in [3.63, 3.8) is 0 Å². The molecule has 6 rings (SSSR count). The Morgan fingerprint density at radius 1 is 1.19 bits per heavy atom. The molecule has 1 atom stereocenters. The fourth-order valence-electron chi connectivity index (χ4n) is 4.59. The fraction of sp³-hybridized carbons (Fsp3) is 0.261. The third kappa shape index (κ3) is 3.01. The molecule has 0 spiro atoms. The molecule has 1 aromatic carbocycles. The van der Waals surface area contributed by atoms with Gasteiger partial charge in [0, 0.05) is 30.2 Å². The van der Waals surface area contributed by atoms with Gasteiger partial charge in [-0.3, -0.25) is 19.6 Å². The molecule has 0 radical (unpaired) electrons. The van der Waals surface area contributed by atoms with Crippen molar-refractivity contribution >= 4 is 55.4 Å². The number of carbonyl (C=O) groups excluding carboxylic acids is 2. The Balaban J connectivity index is 1.52. The van der Waals surface area contributed by atoms with Crippen molar-refractivity contribution in [3.05, 3.63) is 53.2 Å². The number of imide groups is 1. The van der Waals surface area contributed by atoms with Gasteiger partial charge in [-0.15, -0.1) is 11.3 Å². The number of aromatic nitrogens is 3. The molecule has 1 saturated heterocycles. The number of H-pyrrole nitrogens is 1. The van der Waals surface area contributed by atoms with Crippen LogP contribution in [0.3, 0.4) is 0 Å². The summed E-state index contributed by atoms with van der Waals surface area (Å²) in [5.41, 5.74) is 3.79. The normalized spacial score (nSPS) is 20.1. The summed E-state index contributed by atoms with van der Waals surface area (Å²) < 4.78 is 8.79. The number of hydrogen-bond acceptors (Lipinski definition) is 6. The van der Waals surface area contributed by atoms with Gasteiger partial charge in [0.15, 0.2) is 0 Å². The summed E-state index contributed by atoms with van der Waals surface area (Å²) in [6.45, 7) is 2.98. The molecular weight excluding hydrogens is 426 g/mol. The monoisotopic (exact) mass is 447 g/mol. The van der Waals surface area contributed by atoms with Gasteiger partial charge in [-0.1, -0.05) is 18.2 Å². The molecule has 4 aromatic rings. The van der Waals surface area contributed by atoms with Crippen molar-refractivity contribution in [2.45, 2.75) is 12.6 Å². The van der Waals surface area contributed by atoms with E-state index in [1.165, 1.54) is 11.3 Å². The molecule has 0 aliphatic carbocycles. The first-order chi connectivity index (χ1) is 15.6. The van der Waals surface area contributed by atoms with Gasteiger partial charge in [0.2, 0.25) is 0 Å². The summed E-state index contributed by atoms with van der Waals surface area (Å²) in [5, 5.41) is 10.1. The van der Waals surface area contributed by atoms with Crippen molar-refractivity contribution in [2.24, 2.45) is 0 Å². The number of benzene rings is 1. The number of thiophene rings is 1. The van der Waals surface area contributed by atoms with Crippen molar-refractivity contribution in [1.82, 2.24) is 25.0 Å². The van der Waals surface area contributed by atoms with E-state index in [-0.39, 0.29) is 6.10 Å². The molecule has 32 heavy (non-hydrogen) atoms. The first-order valence-electron chi connectivity index (χ1n) is 10.5. The lowest BCUT2D eigenvalue weighted by Gasteiger charge is -2.30. The Morgan fingerprint density at radius 2 is 2.03 bits per heavy atom. The lowest BCUT2D eigenvalue weighted by molar-refractivity contribution is -0.122. The van der Waals surface area contributed by atoms with Crippen LogP contribution < -0.4 is 5.32 Å². The van der Waals surface area contributed by atoms with Gasteiger partial charge in [-0.25, -0.2) is 0 Å². The number of ether oxygens (including phenoxy) is 1. The number of carbonyl (C=O) groups is 2. The second kappa shape index (κ2) is 7.40. The van der Waals surface area contributed by atoms with E-state index in [0.29, 0.717) is 30.0 Å². The lowest BCUT2D eigenvalue weighted by Crippen LogP contribution is -2.42. The van der Waals surface area contributed by atoms with Gasteiger partial charge in [-0.05, 0) is 24.6 Å². The Morgan fingerprint density at radius 3 is 2.91 bits per heavy atom. The molecule has 8 nitrogen and oxygen atoms in total. The SMILES string of the molecule is CN1CCOC(Cn2nc(C3=C(c4c[nH]c5ccsc45)C(=O)NC3=O)c3ccccc32)C1. The van der Waals surface area contributed by atoms with Crippen molar-refractivity contribution in [2.75, 3.05) is 26.7 Å². The molecule has 0 bridgehead atoms. The number of fused-ring (bicyclic) bond motifs is 2. The first-order valence-corrected chi connectivity index (χ1v) is 11.4. The molecule has 1 unspecified atom stereocenters. The van der Waals surface area contributed by atoms with Crippen LogP contribution in [0.15, 0.2) is 41.9 Å². The molecule has 5 heterocycles. The predicted molar refractivity (Wildman–Crippen MR) is 123 cm³/mol. The highest BCUT2D eigenvalue weighted by atomic mass is 32.1. The Hall–Kier alpha value is -3.27. The van der Waals surface area contributed by atoms with E-state index in [2.05, 4.69) is 22.2 Å². The van der Waals surface area contributed by atoms with E-state index in [4.69, 9.17) is 9.84 Å². The molecule has 2 aliphatic rings. The Kier molecular flexibility index (Phi) is 4.49. The van der Waals surface area contributed by atoms with E-state index in [9.17, 15) is 9.59 Å². The number of likely N-dealkylation sites (N-methyl/N-ethyl adjacent to an activating group) is 1. The third-order valence-electron chi connectivity index (χ3n) is 6.10. The molecule has 162 valence electrons. The predicted octanol–water partition coefficient (Wildman–Crippen LogP) is 2.48. The van der Waals surface area contributed by atoms with Gasteiger partial charge in [0.1, 0.15) is 5.69 Å². The molecule has 3 aromatic heterocycles. The summed E-state index contributed by atoms with van der Waals surface area (Å²) >= 11 is 1.54. The summed E-state index contributed by atoms with van der Waals surface area (Å²) in [7, 11) is 2.08. The van der Waals surface area contributed by atoms with Crippen molar-refractivity contribution in [1.29, 1.82) is 0 Å². The van der Waals surface area contributed by atoms with Crippen LogP contribution in [0.25, 0.3) is 32.3 Å². The minimum Gasteiger partial charge on any atom is -0.374 e. The zero-order valence-corrected chi connectivity index (χ0v) is 18.2. The van der Waals surface area contributed by atoms with Crippen LogP contribution in [0.2, 0.25) is 0 Å². The quantitative estimate of drug-likeness (QED) is 0.469. The number of para-hydroxylation sites is 1. The van der Waals surface area contributed by atoms with Crippen LogP contribution in [-0.2, 0) is 20.9 Å². The zero-order valence-electron chi connectivity index (χ0n) is 17.4. The van der Waals surface area contributed by atoms with E-state index < -0.39 is 11.8 Å². The smallest absolute Gasteiger partial charge is 0.261 e. The van der Waals surface area contributed by atoms with E-state index >= 15 is 0 Å². The van der Waals surface area contributed by atoms with Crippen LogP contribution in [0.1, 0.15) is 11.3 Å². The summed E-state index contributed by atoms with van der Waals surface area (Å²) in [5.74, 6) is -0.810. The van der Waals surface area contributed by atoms with Crippen LogP contribution in [0.5, 0.6) is 0 Å². The number of amides is 2. The summed E-state index contributed by atoms with van der Waals surface area (Å²) in [6, 6.07) is 9.77. The number of nitrogens with one attached hydrogen (secondary N) is 2. The van der Waals surface area contributed by atoms with Crippen LogP contribution in [0, 0.1) is 0 Å². The second-order valence-electron chi connectivity index (χ2n) is 8.20. The summed E-state index contributed by atoms with van der Waals surface area (Å²) in [4.78, 5) is 31.3. The molecule has 2 N–H and O–H groups in total. The Labute approximate surface area is 187 Å². The second-order valence-corrected chi connectivity index (χ2v) is 9.12. The van der Waals surface area contributed by atoms with Crippen molar-refractivity contribution in [3.8, 4) is 0 Å². The molecule has 2 amide bonds. The van der Waals surface area contributed by atoms with Gasteiger partial charge < -0.3 is 14.6 Å². The summed E-state index contributed by atoms with van der Waals surface area (Å²) in [6.07, 6.45) is 1.80. The molecule has 1 fully saturated rings.